The molecule has 2 aromatic carbocycles. The van der Waals surface area contributed by atoms with Crippen molar-refractivity contribution in [2.45, 2.75) is 19.3 Å². The maximum Gasteiger partial charge on any atom is 0.341 e. The normalized spacial score (nSPS) is 11.5. The average Bonchev–Trinajstić information content (AvgIpc) is 2.61. The van der Waals surface area contributed by atoms with Gasteiger partial charge in [-0.2, -0.15) is 0 Å². The highest BCUT2D eigenvalue weighted by Gasteiger charge is 2.13. The van der Waals surface area contributed by atoms with Gasteiger partial charge in [0.25, 0.3) is 0 Å². The fraction of sp³-hybridized carbons (Fsp3) is 0.263. The monoisotopic (exact) mass is 327 g/mol. The molecule has 2 rings (SSSR count). The van der Waals surface area contributed by atoms with E-state index in [9.17, 15) is 9.59 Å². The largest absolute Gasteiger partial charge is 0.482 e. The number of benzene rings is 2. The smallest absolute Gasteiger partial charge is 0.341 e. The number of carbonyl (C=O) groups is 2. The van der Waals surface area contributed by atoms with Crippen molar-refractivity contribution in [1.82, 2.24) is 5.32 Å². The number of carboxylic acid groups (broad SMARTS) is 1. The first-order valence-electron chi connectivity index (χ1n) is 7.82. The Morgan fingerprint density at radius 3 is 2.38 bits per heavy atom. The van der Waals surface area contributed by atoms with E-state index in [2.05, 4.69) is 5.32 Å². The zero-order chi connectivity index (χ0) is 17.4. The molecular formula is C19H21NO4. The molecule has 2 aromatic rings. The quantitative estimate of drug-likeness (QED) is 0.781. The number of ether oxygens (including phenoxy) is 1. The summed E-state index contributed by atoms with van der Waals surface area (Å²) in [5, 5.41) is 11.5. The van der Waals surface area contributed by atoms with Gasteiger partial charge in [0.2, 0.25) is 5.91 Å². The number of amides is 1. The molecular weight excluding hydrogens is 306 g/mol. The molecule has 0 heterocycles. The topological polar surface area (TPSA) is 75.6 Å². The van der Waals surface area contributed by atoms with E-state index < -0.39 is 5.97 Å². The molecule has 0 aliphatic carbocycles. The summed E-state index contributed by atoms with van der Waals surface area (Å²) >= 11 is 0. The Balaban J connectivity index is 1.77. The first kappa shape index (κ1) is 17.5. The summed E-state index contributed by atoms with van der Waals surface area (Å²) in [5.74, 6) is -0.669. The molecule has 5 heteroatoms. The number of carboxylic acids is 1. The zero-order valence-electron chi connectivity index (χ0n) is 13.6. The highest BCUT2D eigenvalue weighted by Crippen LogP contribution is 2.15. The molecule has 126 valence electrons. The maximum absolute atomic E-state index is 12.2. The summed E-state index contributed by atoms with van der Waals surface area (Å²) in [5.41, 5.74) is 2.04. The minimum Gasteiger partial charge on any atom is -0.482 e. The Morgan fingerprint density at radius 1 is 1.08 bits per heavy atom. The van der Waals surface area contributed by atoms with Crippen molar-refractivity contribution < 1.29 is 19.4 Å². The van der Waals surface area contributed by atoms with Gasteiger partial charge in [0.15, 0.2) is 6.61 Å². The second-order valence-electron chi connectivity index (χ2n) is 5.50. The number of aliphatic carboxylic acids is 1. The van der Waals surface area contributed by atoms with Gasteiger partial charge in [-0.15, -0.1) is 0 Å². The van der Waals surface area contributed by atoms with Gasteiger partial charge < -0.3 is 15.2 Å². The fourth-order valence-electron chi connectivity index (χ4n) is 2.27. The predicted molar refractivity (Wildman–Crippen MR) is 91.1 cm³/mol. The van der Waals surface area contributed by atoms with E-state index in [-0.39, 0.29) is 18.4 Å². The van der Waals surface area contributed by atoms with Crippen LogP contribution in [0.5, 0.6) is 5.75 Å². The van der Waals surface area contributed by atoms with E-state index in [1.165, 1.54) is 0 Å². The number of carbonyl (C=O) groups excluding carboxylic acids is 1. The average molecular weight is 327 g/mol. The van der Waals surface area contributed by atoms with Crippen LogP contribution in [0.15, 0.2) is 54.6 Å². The molecule has 0 radical (unpaired) electrons. The zero-order valence-corrected chi connectivity index (χ0v) is 13.6. The summed E-state index contributed by atoms with van der Waals surface area (Å²) < 4.78 is 5.08. The summed E-state index contributed by atoms with van der Waals surface area (Å²) in [7, 11) is 0. The molecule has 0 bridgehead atoms. The van der Waals surface area contributed by atoms with E-state index >= 15 is 0 Å². The van der Waals surface area contributed by atoms with Gasteiger partial charge in [-0.1, -0.05) is 42.5 Å². The second kappa shape index (κ2) is 8.72. The van der Waals surface area contributed by atoms with Crippen LogP contribution >= 0.6 is 0 Å². The van der Waals surface area contributed by atoms with Crippen molar-refractivity contribution in [3.63, 3.8) is 0 Å². The molecule has 0 saturated heterocycles. The van der Waals surface area contributed by atoms with Crippen molar-refractivity contribution in [1.29, 1.82) is 0 Å². The highest BCUT2D eigenvalue weighted by molar-refractivity contribution is 5.83. The molecule has 0 spiro atoms. The van der Waals surface area contributed by atoms with Crippen LogP contribution in [-0.2, 0) is 16.0 Å². The van der Waals surface area contributed by atoms with E-state index in [0.29, 0.717) is 18.7 Å². The molecule has 1 atom stereocenters. The number of hydrogen-bond acceptors (Lipinski definition) is 3. The molecule has 0 aliphatic heterocycles. The van der Waals surface area contributed by atoms with E-state index in [0.717, 1.165) is 11.1 Å². The minimum absolute atomic E-state index is 0.00242. The maximum atomic E-state index is 12.2. The van der Waals surface area contributed by atoms with Crippen molar-refractivity contribution in [3.05, 3.63) is 65.7 Å². The van der Waals surface area contributed by atoms with E-state index in [1.54, 1.807) is 12.1 Å². The third kappa shape index (κ3) is 5.43. The van der Waals surface area contributed by atoms with Crippen LogP contribution in [0.25, 0.3) is 0 Å². The molecule has 0 aromatic heterocycles. The number of nitrogens with one attached hydrogen (secondary N) is 1. The summed E-state index contributed by atoms with van der Waals surface area (Å²) in [4.78, 5) is 22.6. The Bertz CT molecular complexity index is 668. The summed E-state index contributed by atoms with van der Waals surface area (Å²) in [6, 6.07) is 16.9. The lowest BCUT2D eigenvalue weighted by Gasteiger charge is -2.12. The Labute approximate surface area is 141 Å². The van der Waals surface area contributed by atoms with Gasteiger partial charge in [0.05, 0.1) is 5.92 Å². The molecule has 0 saturated carbocycles. The third-order valence-electron chi connectivity index (χ3n) is 3.69. The Morgan fingerprint density at radius 2 is 1.75 bits per heavy atom. The van der Waals surface area contributed by atoms with Gasteiger partial charge in [0.1, 0.15) is 5.75 Å². The van der Waals surface area contributed by atoms with Crippen LogP contribution in [0.3, 0.4) is 0 Å². The molecule has 0 aliphatic rings. The minimum atomic E-state index is -1.01. The lowest BCUT2D eigenvalue weighted by atomic mass is 10.0. The standard InChI is InChI=1S/C19H21NO4/c1-14(16-5-3-2-4-6-16)19(23)20-12-11-15-7-9-17(10-8-15)24-13-18(21)22/h2-10,14H,11-13H2,1H3,(H,20,23)(H,21,22)/t14-/m1/s1. The molecule has 0 unspecified atom stereocenters. The van der Waals surface area contributed by atoms with Crippen molar-refractivity contribution in [2.24, 2.45) is 0 Å². The van der Waals surface area contributed by atoms with Crippen LogP contribution in [0.2, 0.25) is 0 Å². The first-order valence-corrected chi connectivity index (χ1v) is 7.82. The fourth-order valence-corrected chi connectivity index (χ4v) is 2.27. The molecule has 24 heavy (non-hydrogen) atoms. The molecule has 5 nitrogen and oxygen atoms in total. The molecule has 2 N–H and O–H groups in total. The summed E-state index contributed by atoms with van der Waals surface area (Å²) in [6.07, 6.45) is 0.701. The van der Waals surface area contributed by atoms with Crippen LogP contribution < -0.4 is 10.1 Å². The van der Waals surface area contributed by atoms with E-state index in [4.69, 9.17) is 9.84 Å². The van der Waals surface area contributed by atoms with Gasteiger partial charge >= 0.3 is 5.97 Å². The Hall–Kier alpha value is -2.82. The number of hydrogen-bond donors (Lipinski definition) is 2. The lowest BCUT2D eigenvalue weighted by molar-refractivity contribution is -0.139. The van der Waals surface area contributed by atoms with Gasteiger partial charge in [-0.25, -0.2) is 4.79 Å². The van der Waals surface area contributed by atoms with Crippen LogP contribution in [0, 0.1) is 0 Å². The summed E-state index contributed by atoms with van der Waals surface area (Å²) in [6.45, 7) is 2.08. The number of rotatable bonds is 8. The van der Waals surface area contributed by atoms with Crippen molar-refractivity contribution >= 4 is 11.9 Å². The lowest BCUT2D eigenvalue weighted by Crippen LogP contribution is -2.29. The highest BCUT2D eigenvalue weighted by atomic mass is 16.5. The van der Waals surface area contributed by atoms with Crippen molar-refractivity contribution in [2.75, 3.05) is 13.2 Å². The van der Waals surface area contributed by atoms with Gasteiger partial charge in [0, 0.05) is 6.54 Å². The van der Waals surface area contributed by atoms with Crippen LogP contribution in [0.1, 0.15) is 24.0 Å². The SMILES string of the molecule is C[C@@H](C(=O)NCCc1ccc(OCC(=O)O)cc1)c1ccccc1. The van der Waals surface area contributed by atoms with Crippen molar-refractivity contribution in [3.8, 4) is 5.75 Å². The van der Waals surface area contributed by atoms with Crippen LogP contribution in [0.4, 0.5) is 0 Å². The Kier molecular flexibility index (Phi) is 6.37. The van der Waals surface area contributed by atoms with Crippen LogP contribution in [-0.4, -0.2) is 30.1 Å². The molecule has 1 amide bonds. The van der Waals surface area contributed by atoms with Gasteiger partial charge in [-0.3, -0.25) is 4.79 Å². The molecule has 0 fully saturated rings. The predicted octanol–water partition coefficient (Wildman–Crippen LogP) is 2.61. The third-order valence-corrected chi connectivity index (χ3v) is 3.69. The second-order valence-corrected chi connectivity index (χ2v) is 5.50. The van der Waals surface area contributed by atoms with Gasteiger partial charge in [-0.05, 0) is 36.6 Å². The first-order chi connectivity index (χ1) is 11.6. The van der Waals surface area contributed by atoms with E-state index in [1.807, 2.05) is 49.4 Å².